The van der Waals surface area contributed by atoms with Gasteiger partial charge in [-0.2, -0.15) is 0 Å². The third-order valence-electron chi connectivity index (χ3n) is 3.70. The van der Waals surface area contributed by atoms with Crippen molar-refractivity contribution in [2.24, 2.45) is 5.92 Å². The molecule has 0 radical (unpaired) electrons. The third-order valence-corrected chi connectivity index (χ3v) is 3.70. The Labute approximate surface area is 128 Å². The Balaban J connectivity index is 3.72. The summed E-state index contributed by atoms with van der Waals surface area (Å²) in [6.45, 7) is 9.29. The minimum atomic E-state index is -0.761. The molecule has 0 aliphatic rings. The van der Waals surface area contributed by atoms with Gasteiger partial charge in [0.25, 0.3) is 0 Å². The van der Waals surface area contributed by atoms with E-state index in [2.05, 4.69) is 29.4 Å². The summed E-state index contributed by atoms with van der Waals surface area (Å²) in [5.41, 5.74) is 0. The van der Waals surface area contributed by atoms with Crippen LogP contribution in [0.15, 0.2) is 0 Å². The zero-order chi connectivity index (χ0) is 16.4. The van der Waals surface area contributed by atoms with Crippen LogP contribution in [-0.4, -0.2) is 54.2 Å². The van der Waals surface area contributed by atoms with Crippen LogP contribution in [0.25, 0.3) is 0 Å². The van der Waals surface area contributed by atoms with E-state index in [0.29, 0.717) is 19.0 Å². The van der Waals surface area contributed by atoms with Crippen molar-refractivity contribution in [1.82, 2.24) is 15.5 Å². The van der Waals surface area contributed by atoms with Gasteiger partial charge in [0.15, 0.2) is 0 Å². The molecule has 2 atom stereocenters. The Morgan fingerprint density at radius 3 is 2.29 bits per heavy atom. The van der Waals surface area contributed by atoms with E-state index < -0.39 is 5.97 Å². The van der Waals surface area contributed by atoms with E-state index in [4.69, 9.17) is 5.11 Å². The highest BCUT2D eigenvalue weighted by atomic mass is 16.4. The third kappa shape index (κ3) is 10.1. The molecule has 6 heteroatoms. The molecule has 0 spiro atoms. The van der Waals surface area contributed by atoms with Crippen LogP contribution in [0.4, 0.5) is 4.79 Å². The van der Waals surface area contributed by atoms with E-state index >= 15 is 0 Å². The summed E-state index contributed by atoms with van der Waals surface area (Å²) in [4.78, 5) is 24.5. The maximum absolute atomic E-state index is 11.7. The van der Waals surface area contributed by atoms with E-state index in [1.807, 2.05) is 14.0 Å². The average molecular weight is 301 g/mol. The number of carbonyl (C=O) groups excluding carboxylic acids is 1. The van der Waals surface area contributed by atoms with Gasteiger partial charge in [0.2, 0.25) is 0 Å². The number of carboxylic acid groups (broad SMARTS) is 1. The Hall–Kier alpha value is -1.30. The first-order valence-corrected chi connectivity index (χ1v) is 7.71. The second-order valence-corrected chi connectivity index (χ2v) is 6.05. The van der Waals surface area contributed by atoms with E-state index in [9.17, 15) is 9.59 Å². The zero-order valence-electron chi connectivity index (χ0n) is 14.0. The topological polar surface area (TPSA) is 81.7 Å². The van der Waals surface area contributed by atoms with Gasteiger partial charge in [0.05, 0.1) is 5.92 Å². The van der Waals surface area contributed by atoms with Crippen LogP contribution in [0.5, 0.6) is 0 Å². The molecule has 21 heavy (non-hydrogen) atoms. The molecule has 2 unspecified atom stereocenters. The first-order valence-electron chi connectivity index (χ1n) is 7.71. The van der Waals surface area contributed by atoms with Gasteiger partial charge in [0, 0.05) is 25.2 Å². The van der Waals surface area contributed by atoms with E-state index in [1.165, 1.54) is 0 Å². The summed E-state index contributed by atoms with van der Waals surface area (Å²) < 4.78 is 0. The quantitative estimate of drug-likeness (QED) is 0.575. The maximum atomic E-state index is 11.7. The number of nitrogens with zero attached hydrogens (tertiary/aromatic N) is 1. The number of carboxylic acids is 1. The molecule has 2 amide bonds. The molecule has 0 saturated carbocycles. The summed E-state index contributed by atoms with van der Waals surface area (Å²) in [5.74, 6) is -1.08. The number of rotatable bonds is 10. The van der Waals surface area contributed by atoms with E-state index in [1.54, 1.807) is 6.92 Å². The van der Waals surface area contributed by atoms with Crippen molar-refractivity contribution in [3.05, 3.63) is 0 Å². The average Bonchev–Trinajstić information content (AvgIpc) is 2.37. The molecule has 0 aromatic carbocycles. The Morgan fingerprint density at radius 2 is 1.76 bits per heavy atom. The minimum Gasteiger partial charge on any atom is -0.481 e. The van der Waals surface area contributed by atoms with E-state index in [0.717, 1.165) is 19.4 Å². The van der Waals surface area contributed by atoms with Gasteiger partial charge < -0.3 is 20.6 Å². The van der Waals surface area contributed by atoms with E-state index in [-0.39, 0.29) is 18.0 Å². The Bertz CT molecular complexity index is 321. The number of urea groups is 1. The fourth-order valence-corrected chi connectivity index (χ4v) is 1.80. The molecular weight excluding hydrogens is 270 g/mol. The number of carbonyl (C=O) groups is 2. The van der Waals surface area contributed by atoms with Gasteiger partial charge in [-0.15, -0.1) is 0 Å². The second-order valence-electron chi connectivity index (χ2n) is 6.05. The summed E-state index contributed by atoms with van der Waals surface area (Å²) >= 11 is 0. The van der Waals surface area contributed by atoms with Crippen LogP contribution in [0.1, 0.15) is 47.0 Å². The van der Waals surface area contributed by atoms with Crippen LogP contribution in [0, 0.1) is 5.92 Å². The summed E-state index contributed by atoms with van der Waals surface area (Å²) in [6, 6.07) is 0.352. The number of amides is 2. The zero-order valence-corrected chi connectivity index (χ0v) is 14.0. The summed E-state index contributed by atoms with van der Waals surface area (Å²) in [5, 5.41) is 14.5. The summed E-state index contributed by atoms with van der Waals surface area (Å²) in [7, 11) is 2.02. The normalized spacial score (nSPS) is 14.0. The van der Waals surface area contributed by atoms with Crippen molar-refractivity contribution in [2.45, 2.75) is 59.0 Å². The van der Waals surface area contributed by atoms with Crippen molar-refractivity contribution in [3.8, 4) is 0 Å². The Morgan fingerprint density at radius 1 is 1.14 bits per heavy atom. The van der Waals surface area contributed by atoms with Crippen LogP contribution < -0.4 is 10.6 Å². The van der Waals surface area contributed by atoms with Crippen molar-refractivity contribution in [1.29, 1.82) is 0 Å². The molecule has 0 heterocycles. The number of aliphatic carboxylic acids is 1. The first kappa shape index (κ1) is 19.7. The van der Waals surface area contributed by atoms with Gasteiger partial charge in [-0.1, -0.05) is 13.3 Å². The largest absolute Gasteiger partial charge is 0.481 e. The van der Waals surface area contributed by atoms with Crippen LogP contribution in [0.3, 0.4) is 0 Å². The van der Waals surface area contributed by atoms with Crippen LogP contribution >= 0.6 is 0 Å². The molecule has 0 aromatic rings. The lowest BCUT2D eigenvalue weighted by atomic mass is 10.0. The monoisotopic (exact) mass is 301 g/mol. The SMILES string of the molecule is CC(CCCC(C)C(=O)O)NC(=O)NCCN(C)C(C)C. The smallest absolute Gasteiger partial charge is 0.315 e. The molecule has 0 fully saturated rings. The van der Waals surface area contributed by atoms with Gasteiger partial charge in [0.1, 0.15) is 0 Å². The van der Waals surface area contributed by atoms with Crippen molar-refractivity contribution < 1.29 is 14.7 Å². The Kier molecular flexibility index (Phi) is 9.78. The number of likely N-dealkylation sites (N-methyl/N-ethyl adjacent to an activating group) is 1. The fourth-order valence-electron chi connectivity index (χ4n) is 1.80. The van der Waals surface area contributed by atoms with Crippen molar-refractivity contribution in [2.75, 3.05) is 20.1 Å². The number of nitrogens with one attached hydrogen (secondary N) is 2. The highest BCUT2D eigenvalue weighted by molar-refractivity contribution is 5.74. The van der Waals surface area contributed by atoms with Gasteiger partial charge in [-0.25, -0.2) is 4.79 Å². The standard InChI is InChI=1S/C15H31N3O3/c1-11(2)18(5)10-9-16-15(21)17-13(4)8-6-7-12(3)14(19)20/h11-13H,6-10H2,1-5H3,(H,19,20)(H2,16,17,21). The number of hydrogen-bond donors (Lipinski definition) is 3. The molecule has 6 nitrogen and oxygen atoms in total. The molecule has 0 bridgehead atoms. The van der Waals surface area contributed by atoms with Crippen LogP contribution in [0.2, 0.25) is 0 Å². The summed E-state index contributed by atoms with van der Waals surface area (Å²) in [6.07, 6.45) is 2.23. The lowest BCUT2D eigenvalue weighted by Crippen LogP contribution is -2.44. The van der Waals surface area contributed by atoms with Gasteiger partial charge in [-0.05, 0) is 40.7 Å². The van der Waals surface area contributed by atoms with Gasteiger partial charge in [-0.3, -0.25) is 4.79 Å². The minimum absolute atomic E-state index is 0.0498. The molecule has 3 N–H and O–H groups in total. The highest BCUT2D eigenvalue weighted by Gasteiger charge is 2.12. The predicted molar refractivity (Wildman–Crippen MR) is 84.4 cm³/mol. The fraction of sp³-hybridized carbons (Fsp3) is 0.867. The number of hydrogen-bond acceptors (Lipinski definition) is 3. The van der Waals surface area contributed by atoms with Gasteiger partial charge >= 0.3 is 12.0 Å². The lowest BCUT2D eigenvalue weighted by Gasteiger charge is -2.21. The molecule has 0 aromatic heterocycles. The second kappa shape index (κ2) is 10.4. The predicted octanol–water partition coefficient (Wildman–Crippen LogP) is 1.91. The van der Waals surface area contributed by atoms with Crippen LogP contribution in [-0.2, 0) is 4.79 Å². The molecular formula is C15H31N3O3. The molecule has 124 valence electrons. The maximum Gasteiger partial charge on any atom is 0.315 e. The molecule has 0 rings (SSSR count). The first-order chi connectivity index (χ1) is 9.73. The molecule has 0 aliphatic heterocycles. The van der Waals surface area contributed by atoms with Crippen molar-refractivity contribution in [3.63, 3.8) is 0 Å². The highest BCUT2D eigenvalue weighted by Crippen LogP contribution is 2.09. The molecule has 0 aliphatic carbocycles. The van der Waals surface area contributed by atoms with Crippen molar-refractivity contribution >= 4 is 12.0 Å². The molecule has 0 saturated heterocycles. The lowest BCUT2D eigenvalue weighted by molar-refractivity contribution is -0.141.